The van der Waals surface area contributed by atoms with Gasteiger partial charge in [0.15, 0.2) is 53.1 Å². The lowest BCUT2D eigenvalue weighted by atomic mass is 10.1. The van der Waals surface area contributed by atoms with E-state index in [1.807, 2.05) is 0 Å². The van der Waals surface area contributed by atoms with Gasteiger partial charge in [0.05, 0.1) is 24.8 Å². The predicted octanol–water partition coefficient (Wildman–Crippen LogP) is 0.461. The van der Waals surface area contributed by atoms with Crippen LogP contribution in [0.5, 0.6) is 0 Å². The zero-order valence-corrected chi connectivity index (χ0v) is 39.0. The molecule has 8 atom stereocenters. The molecule has 2 aliphatic heterocycles. The Balaban J connectivity index is 0.000000234. The number of nitrogens with one attached hydrogen (secondary N) is 5. The van der Waals surface area contributed by atoms with Gasteiger partial charge in [-0.15, -0.1) is 12.8 Å². The van der Waals surface area contributed by atoms with E-state index in [1.54, 1.807) is 25.1 Å². The van der Waals surface area contributed by atoms with Gasteiger partial charge in [-0.2, -0.15) is 9.97 Å². The van der Waals surface area contributed by atoms with E-state index in [4.69, 9.17) is 41.3 Å². The van der Waals surface area contributed by atoms with Gasteiger partial charge in [-0.25, -0.2) is 27.7 Å². The topological polar surface area (TPSA) is 338 Å². The van der Waals surface area contributed by atoms with Gasteiger partial charge in [0.1, 0.15) is 12.7 Å². The first-order valence-electron chi connectivity index (χ1n) is 21.3. The number of carbonyl (C=O) groups is 6. The summed E-state index contributed by atoms with van der Waals surface area (Å²) in [6.45, 7) is 6.59. The highest BCUT2D eigenvalue weighted by Crippen LogP contribution is 2.35. The normalized spacial score (nSPS) is 20.9. The van der Waals surface area contributed by atoms with E-state index in [9.17, 15) is 52.3 Å². The molecule has 2 amide bonds. The van der Waals surface area contributed by atoms with Gasteiger partial charge in [-0.05, 0) is 18.6 Å². The molecule has 2 aliphatic rings. The zero-order chi connectivity index (χ0) is 53.1. The number of aromatic nitrogens is 8. The molecular weight excluding hydrogens is 963 g/mol. The molecule has 5 N–H and O–H groups in total. The van der Waals surface area contributed by atoms with Crippen molar-refractivity contribution >= 4 is 69.9 Å². The molecule has 5 aromatic rings. The standard InChI is InChI=1S/C24H22FN5O8.C10H15FO5.C10H9N5O3/c1-4-10-29-17-19(27-23(26-12(2)31)28-20(17)33)30(24(29)35)21-18(37-13(3)32)16(25)15(38-21)11-36-22(34)14-8-6-5-7-9-14;1-4-7-8(11)9(14-5(2)12)10(16-7)15-6(3)13;1-3-4-15-6-7(13-10(15)18)12-9(11-5(2)16)14-8(6)17/h1,5-9,15-16,18,21H,10-11H2,2-3H3,(H2,26,27,28,31,33);7-10H,4H2,1-3H3;1H,4H2,2H3,(H3,11,12,13,14,16,17,18)/t15-,16-,18-,21-;7-,8-,9-,10?;/m11./s1. The van der Waals surface area contributed by atoms with Crippen molar-refractivity contribution in [3.8, 4) is 24.7 Å². The third-order valence-corrected chi connectivity index (χ3v) is 9.98. The van der Waals surface area contributed by atoms with Gasteiger partial charge in [0.25, 0.3) is 11.1 Å². The first kappa shape index (κ1) is 54.2. The molecule has 0 spiro atoms. The first-order chi connectivity index (χ1) is 34.1. The van der Waals surface area contributed by atoms with Gasteiger partial charge >= 0.3 is 35.3 Å². The monoisotopic (exact) mass is 1010 g/mol. The largest absolute Gasteiger partial charge is 0.459 e. The number of benzene rings is 1. The second-order valence-electron chi connectivity index (χ2n) is 15.4. The number of rotatable bonds is 12. The number of esters is 4. The van der Waals surface area contributed by atoms with Crippen LogP contribution in [0.2, 0.25) is 0 Å². The molecule has 7 rings (SSSR count). The number of amides is 2. The zero-order valence-electron chi connectivity index (χ0n) is 39.0. The summed E-state index contributed by atoms with van der Waals surface area (Å²) in [7, 11) is 0. The van der Waals surface area contributed by atoms with Crippen LogP contribution in [-0.4, -0.2) is 124 Å². The van der Waals surface area contributed by atoms with E-state index in [-0.39, 0.29) is 58.8 Å². The number of anilines is 2. The third-order valence-electron chi connectivity index (χ3n) is 9.98. The summed E-state index contributed by atoms with van der Waals surface area (Å²) < 4.78 is 62.8. The van der Waals surface area contributed by atoms with E-state index in [0.717, 1.165) is 27.5 Å². The Morgan fingerprint density at radius 1 is 0.722 bits per heavy atom. The Labute approximate surface area is 403 Å². The van der Waals surface area contributed by atoms with Crippen LogP contribution in [0.15, 0.2) is 49.5 Å². The smallest absolute Gasteiger partial charge is 0.338 e. The van der Waals surface area contributed by atoms with E-state index < -0.39 is 108 Å². The highest BCUT2D eigenvalue weighted by molar-refractivity contribution is 5.89. The van der Waals surface area contributed by atoms with E-state index in [2.05, 4.69) is 47.4 Å². The van der Waals surface area contributed by atoms with Gasteiger partial charge < -0.3 is 28.4 Å². The molecule has 0 saturated carbocycles. The summed E-state index contributed by atoms with van der Waals surface area (Å²) in [5.74, 6) is 0.371. The number of nitrogens with zero attached hydrogens (tertiary/aromatic N) is 5. The van der Waals surface area contributed by atoms with Crippen LogP contribution in [0, 0.1) is 24.7 Å². The quantitative estimate of drug-likeness (QED) is 0.0644. The number of imidazole rings is 2. The molecule has 2 saturated heterocycles. The lowest BCUT2D eigenvalue weighted by Crippen LogP contribution is -2.37. The van der Waals surface area contributed by atoms with E-state index in [0.29, 0.717) is 6.42 Å². The highest BCUT2D eigenvalue weighted by Gasteiger charge is 2.51. The van der Waals surface area contributed by atoms with Crippen molar-refractivity contribution in [3.63, 3.8) is 0 Å². The van der Waals surface area contributed by atoms with Crippen molar-refractivity contribution in [2.45, 2.75) is 110 Å². The molecular formula is C44H46F2N10O16. The third kappa shape index (κ3) is 12.7. The van der Waals surface area contributed by atoms with Crippen LogP contribution in [0.4, 0.5) is 20.7 Å². The van der Waals surface area contributed by atoms with Crippen molar-refractivity contribution in [1.29, 1.82) is 0 Å². The molecule has 26 nitrogen and oxygen atoms in total. The van der Waals surface area contributed by atoms with Crippen molar-refractivity contribution in [2.24, 2.45) is 0 Å². The lowest BCUT2D eigenvalue weighted by Gasteiger charge is -2.19. The Morgan fingerprint density at radius 3 is 1.82 bits per heavy atom. The summed E-state index contributed by atoms with van der Waals surface area (Å²) >= 11 is 0. The van der Waals surface area contributed by atoms with Crippen LogP contribution in [0.1, 0.15) is 64.5 Å². The maximum absolute atomic E-state index is 15.5. The number of carbonyl (C=O) groups excluding carboxylic acids is 6. The molecule has 28 heteroatoms. The Morgan fingerprint density at radius 2 is 1.26 bits per heavy atom. The van der Waals surface area contributed by atoms with Crippen molar-refractivity contribution in [3.05, 3.63) is 77.6 Å². The number of halogens is 2. The number of hydrogen-bond donors (Lipinski definition) is 5. The molecule has 0 bridgehead atoms. The molecule has 382 valence electrons. The van der Waals surface area contributed by atoms with Crippen LogP contribution in [0.25, 0.3) is 22.3 Å². The molecule has 72 heavy (non-hydrogen) atoms. The summed E-state index contributed by atoms with van der Waals surface area (Å²) in [5, 5.41) is 4.62. The fourth-order valence-electron chi connectivity index (χ4n) is 7.17. The minimum atomic E-state index is -2.04. The van der Waals surface area contributed by atoms with Crippen LogP contribution in [0.3, 0.4) is 0 Å². The van der Waals surface area contributed by atoms with Gasteiger partial charge in [0, 0.05) is 34.6 Å². The second-order valence-corrected chi connectivity index (χ2v) is 15.4. The van der Waals surface area contributed by atoms with Crippen LogP contribution in [-0.2, 0) is 65.5 Å². The average molecular weight is 1010 g/mol. The fraction of sp³-hybridized carbons (Fsp3) is 0.409. The maximum atomic E-state index is 15.5. The minimum absolute atomic E-state index is 0.0332. The van der Waals surface area contributed by atoms with Crippen molar-refractivity contribution < 1.29 is 66.0 Å². The Kier molecular flexibility index (Phi) is 17.8. The van der Waals surface area contributed by atoms with Crippen molar-refractivity contribution in [2.75, 3.05) is 17.2 Å². The van der Waals surface area contributed by atoms with Crippen LogP contribution >= 0.6 is 0 Å². The van der Waals surface area contributed by atoms with Gasteiger partial charge in [-0.1, -0.05) is 37.0 Å². The van der Waals surface area contributed by atoms with Gasteiger partial charge in [0.2, 0.25) is 30.0 Å². The average Bonchev–Trinajstić information content (AvgIpc) is 3.97. The number of ether oxygens (including phenoxy) is 6. The Hall–Kier alpha value is -8.76. The number of hydrogen-bond acceptors (Lipinski definition) is 18. The number of fused-ring (bicyclic) bond motifs is 2. The predicted molar refractivity (Wildman–Crippen MR) is 244 cm³/mol. The molecule has 1 unspecified atom stereocenters. The summed E-state index contributed by atoms with van der Waals surface area (Å²) in [6, 6.07) is 7.95. The maximum Gasteiger partial charge on any atom is 0.338 e. The van der Waals surface area contributed by atoms with Crippen LogP contribution < -0.4 is 33.1 Å². The highest BCUT2D eigenvalue weighted by atomic mass is 19.1. The number of aromatic amines is 3. The molecule has 0 aliphatic carbocycles. The second kappa shape index (κ2) is 23.7. The summed E-state index contributed by atoms with van der Waals surface area (Å²) in [4.78, 5) is 133. The number of H-pyrrole nitrogens is 3. The van der Waals surface area contributed by atoms with Crippen molar-refractivity contribution in [1.82, 2.24) is 38.6 Å². The molecule has 4 aromatic heterocycles. The molecule has 2 fully saturated rings. The molecule has 1 aromatic carbocycles. The van der Waals surface area contributed by atoms with E-state index >= 15 is 4.39 Å². The summed E-state index contributed by atoms with van der Waals surface area (Å²) in [6.07, 6.45) is -0.418. The summed E-state index contributed by atoms with van der Waals surface area (Å²) in [5.41, 5.74) is -3.07. The first-order valence-corrected chi connectivity index (χ1v) is 21.3. The van der Waals surface area contributed by atoms with E-state index in [1.165, 1.54) is 32.9 Å². The molecule has 6 heterocycles. The number of alkyl halides is 2. The fourth-order valence-corrected chi connectivity index (χ4v) is 7.17. The SMILES string of the molecule is C#CCn1c(=O)[nH]c2nc(NC(C)=O)[nH]c(=O)c21.C#CCn1c(=O)n([C@@H]2O[C@H](COC(=O)c3ccccc3)[C@@H](F)[C@H]2OC(C)=O)c2nc(NC(C)=O)[nH]c(=O)c21.CC[C@H]1OC(OC(C)=O)[C@H](OC(C)=O)[C@@H]1F. The van der Waals surface area contributed by atoms with Gasteiger partial charge in [-0.3, -0.25) is 68.3 Å². The lowest BCUT2D eigenvalue weighted by molar-refractivity contribution is -0.194. The Bertz CT molecular complexity index is 3200. The number of terminal acetylenes is 2. The molecule has 0 radical (unpaired) electrons. The minimum Gasteiger partial charge on any atom is -0.459 e.